The number of guanidine groups is 1. The summed E-state index contributed by atoms with van der Waals surface area (Å²) in [7, 11) is 0. The zero-order valence-electron chi connectivity index (χ0n) is 11.6. The Bertz CT molecular complexity index is 438. The summed E-state index contributed by atoms with van der Waals surface area (Å²) in [6, 6.07) is 8.07. The Hall–Kier alpha value is -0.690. The third-order valence-corrected chi connectivity index (χ3v) is 3.03. The maximum atomic E-state index is 6.01. The van der Waals surface area contributed by atoms with Crippen molar-refractivity contribution in [1.82, 2.24) is 10.6 Å². The maximum absolute atomic E-state index is 6.01. The summed E-state index contributed by atoms with van der Waals surface area (Å²) in [5.41, 5.74) is 0. The van der Waals surface area contributed by atoms with Crippen molar-refractivity contribution >= 4 is 41.5 Å². The summed E-state index contributed by atoms with van der Waals surface area (Å²) in [6.45, 7) is 4.05. The first kappa shape index (κ1) is 17.4. The first-order chi connectivity index (χ1) is 9.29. The number of ether oxygens (including phenoxy) is 1. The third-order valence-electron chi connectivity index (χ3n) is 2.72. The van der Waals surface area contributed by atoms with Crippen LogP contribution in [0.2, 0.25) is 5.02 Å². The number of hydrogen-bond acceptors (Lipinski definition) is 2. The van der Waals surface area contributed by atoms with Crippen molar-refractivity contribution in [1.29, 1.82) is 0 Å². The average Bonchev–Trinajstić information content (AvgIpc) is 3.20. The molecule has 6 heteroatoms. The standard InChI is InChI=1S/C14H20ClN3O.HI/c1-2-16-14(18-11-7-8-11)17-9-10-19-13-6-4-3-5-12(13)15;/h3-6,11H,2,7-10H2,1H3,(H2,16,17,18);1H. The van der Waals surface area contributed by atoms with Gasteiger partial charge >= 0.3 is 0 Å². The minimum Gasteiger partial charge on any atom is -0.490 e. The van der Waals surface area contributed by atoms with Crippen LogP contribution in [-0.2, 0) is 0 Å². The number of rotatable bonds is 6. The molecule has 0 atom stereocenters. The normalized spacial score (nSPS) is 14.4. The zero-order chi connectivity index (χ0) is 13.5. The van der Waals surface area contributed by atoms with Crippen LogP contribution >= 0.6 is 35.6 Å². The van der Waals surface area contributed by atoms with Gasteiger partial charge in [0.05, 0.1) is 11.6 Å². The summed E-state index contributed by atoms with van der Waals surface area (Å²) in [5.74, 6) is 1.58. The van der Waals surface area contributed by atoms with E-state index in [1.54, 1.807) is 0 Å². The number of hydrogen-bond donors (Lipinski definition) is 2. The topological polar surface area (TPSA) is 45.7 Å². The van der Waals surface area contributed by atoms with E-state index in [1.807, 2.05) is 24.3 Å². The van der Waals surface area contributed by atoms with Crippen LogP contribution in [0.15, 0.2) is 29.3 Å². The molecule has 1 aromatic carbocycles. The largest absolute Gasteiger partial charge is 0.490 e. The fraction of sp³-hybridized carbons (Fsp3) is 0.500. The molecule has 1 aromatic rings. The van der Waals surface area contributed by atoms with Gasteiger partial charge in [-0.1, -0.05) is 23.7 Å². The molecule has 0 aliphatic heterocycles. The van der Waals surface area contributed by atoms with Gasteiger partial charge in [-0.2, -0.15) is 0 Å². The monoisotopic (exact) mass is 409 g/mol. The molecular weight excluding hydrogens is 389 g/mol. The Morgan fingerprint density at radius 1 is 1.40 bits per heavy atom. The van der Waals surface area contributed by atoms with Crippen LogP contribution in [0.3, 0.4) is 0 Å². The minimum atomic E-state index is 0. The van der Waals surface area contributed by atoms with E-state index in [2.05, 4.69) is 22.5 Å². The van der Waals surface area contributed by atoms with Gasteiger partial charge in [0.25, 0.3) is 0 Å². The predicted molar refractivity (Wildman–Crippen MR) is 94.5 cm³/mol. The van der Waals surface area contributed by atoms with Crippen LogP contribution in [0.1, 0.15) is 19.8 Å². The highest BCUT2D eigenvalue weighted by molar-refractivity contribution is 14.0. The van der Waals surface area contributed by atoms with E-state index in [4.69, 9.17) is 16.3 Å². The average molecular weight is 410 g/mol. The van der Waals surface area contributed by atoms with Crippen molar-refractivity contribution in [2.24, 2.45) is 4.99 Å². The lowest BCUT2D eigenvalue weighted by Gasteiger charge is -2.10. The summed E-state index contributed by atoms with van der Waals surface area (Å²) in [4.78, 5) is 4.46. The molecule has 1 aliphatic rings. The van der Waals surface area contributed by atoms with Gasteiger partial charge in [0.1, 0.15) is 12.4 Å². The molecule has 0 amide bonds. The molecule has 0 radical (unpaired) electrons. The van der Waals surface area contributed by atoms with Crippen LogP contribution < -0.4 is 15.4 Å². The van der Waals surface area contributed by atoms with Gasteiger partial charge in [-0.25, -0.2) is 4.99 Å². The number of nitrogens with one attached hydrogen (secondary N) is 2. The van der Waals surface area contributed by atoms with Gasteiger partial charge in [0.2, 0.25) is 0 Å². The van der Waals surface area contributed by atoms with Gasteiger partial charge in [-0.05, 0) is 31.9 Å². The van der Waals surface area contributed by atoms with Crippen molar-refractivity contribution in [2.75, 3.05) is 19.7 Å². The Morgan fingerprint density at radius 3 is 2.80 bits per heavy atom. The molecular formula is C14H21ClIN3O. The highest BCUT2D eigenvalue weighted by atomic mass is 127. The van der Waals surface area contributed by atoms with Gasteiger partial charge < -0.3 is 15.4 Å². The summed E-state index contributed by atoms with van der Waals surface area (Å²) >= 11 is 6.01. The van der Waals surface area contributed by atoms with Crippen molar-refractivity contribution in [3.8, 4) is 5.75 Å². The molecule has 1 fully saturated rings. The molecule has 0 spiro atoms. The first-order valence-corrected chi connectivity index (χ1v) is 7.09. The van der Waals surface area contributed by atoms with E-state index in [9.17, 15) is 0 Å². The molecule has 1 saturated carbocycles. The van der Waals surface area contributed by atoms with Crippen LogP contribution in [0.25, 0.3) is 0 Å². The Balaban J connectivity index is 0.00000200. The Morgan fingerprint density at radius 2 is 2.15 bits per heavy atom. The molecule has 112 valence electrons. The molecule has 4 nitrogen and oxygen atoms in total. The summed E-state index contributed by atoms with van der Waals surface area (Å²) in [6.07, 6.45) is 2.47. The lowest BCUT2D eigenvalue weighted by atomic mass is 10.3. The van der Waals surface area contributed by atoms with E-state index in [0.29, 0.717) is 30.0 Å². The van der Waals surface area contributed by atoms with E-state index in [-0.39, 0.29) is 24.0 Å². The zero-order valence-corrected chi connectivity index (χ0v) is 14.7. The SMILES string of the molecule is CCNC(=NCCOc1ccccc1Cl)NC1CC1.I. The highest BCUT2D eigenvalue weighted by Gasteiger charge is 2.21. The number of benzene rings is 1. The fourth-order valence-electron chi connectivity index (χ4n) is 1.62. The quantitative estimate of drug-likeness (QED) is 0.328. The van der Waals surface area contributed by atoms with Gasteiger partial charge in [-0.3, -0.25) is 0 Å². The fourth-order valence-corrected chi connectivity index (χ4v) is 1.81. The second-order valence-corrected chi connectivity index (χ2v) is 4.87. The van der Waals surface area contributed by atoms with E-state index < -0.39 is 0 Å². The van der Waals surface area contributed by atoms with Crippen LogP contribution in [-0.4, -0.2) is 31.7 Å². The Kier molecular flexibility index (Phi) is 8.06. The molecule has 0 heterocycles. The van der Waals surface area contributed by atoms with Crippen molar-refractivity contribution < 1.29 is 4.74 Å². The third kappa shape index (κ3) is 6.17. The van der Waals surface area contributed by atoms with Gasteiger partial charge in [0.15, 0.2) is 5.96 Å². The molecule has 0 saturated heterocycles. The molecule has 2 N–H and O–H groups in total. The molecule has 2 rings (SSSR count). The minimum absolute atomic E-state index is 0. The molecule has 0 bridgehead atoms. The van der Waals surface area contributed by atoms with Gasteiger partial charge in [0, 0.05) is 12.6 Å². The van der Waals surface area contributed by atoms with Crippen molar-refractivity contribution in [2.45, 2.75) is 25.8 Å². The molecule has 0 aromatic heterocycles. The maximum Gasteiger partial charge on any atom is 0.191 e. The van der Waals surface area contributed by atoms with Crippen molar-refractivity contribution in [3.63, 3.8) is 0 Å². The number of aliphatic imine (C=N–C) groups is 1. The van der Waals surface area contributed by atoms with E-state index in [1.165, 1.54) is 12.8 Å². The second kappa shape index (κ2) is 9.28. The smallest absolute Gasteiger partial charge is 0.191 e. The second-order valence-electron chi connectivity index (χ2n) is 4.46. The number of para-hydroxylation sites is 1. The molecule has 1 aliphatic carbocycles. The predicted octanol–water partition coefficient (Wildman–Crippen LogP) is 3.05. The first-order valence-electron chi connectivity index (χ1n) is 6.71. The van der Waals surface area contributed by atoms with Crippen LogP contribution in [0.4, 0.5) is 0 Å². The van der Waals surface area contributed by atoms with Gasteiger partial charge in [-0.15, -0.1) is 24.0 Å². The summed E-state index contributed by atoms with van der Waals surface area (Å²) < 4.78 is 5.59. The van der Waals surface area contributed by atoms with Crippen molar-refractivity contribution in [3.05, 3.63) is 29.3 Å². The lowest BCUT2D eigenvalue weighted by molar-refractivity contribution is 0.328. The lowest BCUT2D eigenvalue weighted by Crippen LogP contribution is -2.38. The number of nitrogens with zero attached hydrogens (tertiary/aromatic N) is 1. The summed E-state index contributed by atoms with van der Waals surface area (Å²) in [5, 5.41) is 7.21. The van der Waals surface area contributed by atoms with E-state index >= 15 is 0 Å². The highest BCUT2D eigenvalue weighted by Crippen LogP contribution is 2.22. The number of halogens is 2. The van der Waals surface area contributed by atoms with Crippen LogP contribution in [0.5, 0.6) is 5.75 Å². The molecule has 0 unspecified atom stereocenters. The van der Waals surface area contributed by atoms with E-state index in [0.717, 1.165) is 12.5 Å². The Labute approximate surface area is 142 Å². The molecule has 20 heavy (non-hydrogen) atoms. The van der Waals surface area contributed by atoms with Crippen LogP contribution in [0, 0.1) is 0 Å².